The number of pyridine rings is 1. The first-order chi connectivity index (χ1) is 10.5. The van der Waals surface area contributed by atoms with Crippen molar-refractivity contribution in [2.24, 2.45) is 0 Å². The third-order valence-electron chi connectivity index (χ3n) is 4.51. The van der Waals surface area contributed by atoms with Crippen molar-refractivity contribution in [1.82, 2.24) is 19.7 Å². The van der Waals surface area contributed by atoms with E-state index in [0.29, 0.717) is 22.7 Å². The number of carbonyl (C=O) groups is 1. The SMILES string of the molecule is CC(=O)c1cnc2c(cnn2C2CCN(C(C)C)CC2)c1Cl. The smallest absolute Gasteiger partial charge is 0.162 e. The van der Waals surface area contributed by atoms with Crippen LogP contribution in [0, 0.1) is 0 Å². The number of carbonyl (C=O) groups excluding carboxylic acids is 1. The third kappa shape index (κ3) is 2.63. The van der Waals surface area contributed by atoms with Crippen LogP contribution in [0.5, 0.6) is 0 Å². The van der Waals surface area contributed by atoms with E-state index < -0.39 is 0 Å². The molecule has 0 N–H and O–H groups in total. The molecule has 3 heterocycles. The first-order valence-electron chi connectivity index (χ1n) is 7.75. The summed E-state index contributed by atoms with van der Waals surface area (Å²) in [5.74, 6) is -0.0719. The summed E-state index contributed by atoms with van der Waals surface area (Å²) in [6.45, 7) is 8.11. The van der Waals surface area contributed by atoms with Gasteiger partial charge in [-0.15, -0.1) is 0 Å². The molecule has 1 fully saturated rings. The van der Waals surface area contributed by atoms with E-state index >= 15 is 0 Å². The highest BCUT2D eigenvalue weighted by Gasteiger charge is 2.25. The van der Waals surface area contributed by atoms with E-state index in [-0.39, 0.29) is 5.78 Å². The van der Waals surface area contributed by atoms with Gasteiger partial charge in [-0.1, -0.05) is 11.6 Å². The lowest BCUT2D eigenvalue weighted by atomic mass is 10.0. The lowest BCUT2D eigenvalue weighted by Crippen LogP contribution is -2.39. The molecule has 118 valence electrons. The molecule has 2 aromatic heterocycles. The highest BCUT2D eigenvalue weighted by molar-refractivity contribution is 6.38. The molecule has 0 atom stereocenters. The first kappa shape index (κ1) is 15.4. The fraction of sp³-hybridized carbons (Fsp3) is 0.562. The third-order valence-corrected chi connectivity index (χ3v) is 4.92. The summed E-state index contributed by atoms with van der Waals surface area (Å²) in [6.07, 6.45) is 5.41. The van der Waals surface area contributed by atoms with E-state index in [0.717, 1.165) is 37.0 Å². The van der Waals surface area contributed by atoms with Gasteiger partial charge < -0.3 is 4.90 Å². The number of halogens is 1. The second-order valence-electron chi connectivity index (χ2n) is 6.23. The summed E-state index contributed by atoms with van der Waals surface area (Å²) in [5, 5.41) is 5.72. The van der Waals surface area contributed by atoms with Gasteiger partial charge in [-0.05, 0) is 33.6 Å². The topological polar surface area (TPSA) is 51.0 Å². The molecule has 22 heavy (non-hydrogen) atoms. The zero-order chi connectivity index (χ0) is 15.9. The van der Waals surface area contributed by atoms with Gasteiger partial charge in [0.15, 0.2) is 11.4 Å². The standard InChI is InChI=1S/C16H21ClN4O/c1-10(2)20-6-4-12(5-7-20)21-16-14(9-19-21)15(17)13(8-18-16)11(3)22/h8-10,12H,4-7H2,1-3H3. The quantitative estimate of drug-likeness (QED) is 0.814. The van der Waals surface area contributed by atoms with Gasteiger partial charge in [-0.25, -0.2) is 9.67 Å². The number of nitrogens with zero attached hydrogens (tertiary/aromatic N) is 4. The van der Waals surface area contributed by atoms with Crippen molar-refractivity contribution in [3.63, 3.8) is 0 Å². The molecule has 1 aliphatic rings. The van der Waals surface area contributed by atoms with Crippen molar-refractivity contribution in [3.05, 3.63) is 23.0 Å². The summed E-state index contributed by atoms with van der Waals surface area (Å²) < 4.78 is 1.97. The Kier molecular flexibility index (Phi) is 4.19. The van der Waals surface area contributed by atoms with Crippen molar-refractivity contribution < 1.29 is 4.79 Å². The molecule has 1 saturated heterocycles. The molecule has 6 heteroatoms. The first-order valence-corrected chi connectivity index (χ1v) is 8.13. The van der Waals surface area contributed by atoms with Crippen molar-refractivity contribution in [2.75, 3.05) is 13.1 Å². The minimum atomic E-state index is -0.0719. The van der Waals surface area contributed by atoms with E-state index in [1.807, 2.05) is 4.68 Å². The van der Waals surface area contributed by atoms with Crippen LogP contribution in [0.2, 0.25) is 5.02 Å². The fourth-order valence-corrected chi connectivity index (χ4v) is 3.44. The summed E-state index contributed by atoms with van der Waals surface area (Å²) >= 11 is 6.33. The lowest BCUT2D eigenvalue weighted by Gasteiger charge is -2.34. The van der Waals surface area contributed by atoms with E-state index in [4.69, 9.17) is 11.6 Å². The second kappa shape index (κ2) is 5.97. The Balaban J connectivity index is 1.90. The van der Waals surface area contributed by atoms with Crippen molar-refractivity contribution in [3.8, 4) is 0 Å². The number of hydrogen-bond donors (Lipinski definition) is 0. The number of ketones is 1. The number of fused-ring (bicyclic) bond motifs is 1. The Morgan fingerprint density at radius 2 is 2.00 bits per heavy atom. The zero-order valence-corrected chi connectivity index (χ0v) is 14.0. The van der Waals surface area contributed by atoms with Gasteiger partial charge in [0.25, 0.3) is 0 Å². The summed E-state index contributed by atoms with van der Waals surface area (Å²) in [4.78, 5) is 18.5. The number of aromatic nitrogens is 3. The predicted molar refractivity (Wildman–Crippen MR) is 87.5 cm³/mol. The minimum absolute atomic E-state index is 0.0719. The lowest BCUT2D eigenvalue weighted by molar-refractivity contribution is 0.101. The molecule has 0 radical (unpaired) electrons. The Hall–Kier alpha value is -1.46. The molecule has 5 nitrogen and oxygen atoms in total. The maximum atomic E-state index is 11.6. The monoisotopic (exact) mass is 320 g/mol. The van der Waals surface area contributed by atoms with Crippen LogP contribution >= 0.6 is 11.6 Å². The van der Waals surface area contributed by atoms with Gasteiger partial charge in [0, 0.05) is 25.3 Å². The number of rotatable bonds is 3. The highest BCUT2D eigenvalue weighted by atomic mass is 35.5. The van der Waals surface area contributed by atoms with Crippen LogP contribution in [-0.4, -0.2) is 44.6 Å². The van der Waals surface area contributed by atoms with Crippen molar-refractivity contribution in [1.29, 1.82) is 0 Å². The molecule has 0 aromatic carbocycles. The van der Waals surface area contributed by atoms with Crippen LogP contribution in [0.15, 0.2) is 12.4 Å². The molecule has 1 aliphatic heterocycles. The Morgan fingerprint density at radius 3 is 2.59 bits per heavy atom. The van der Waals surface area contributed by atoms with Crippen LogP contribution in [0.4, 0.5) is 0 Å². The average Bonchev–Trinajstić information content (AvgIpc) is 2.92. The van der Waals surface area contributed by atoms with Gasteiger partial charge >= 0.3 is 0 Å². The number of likely N-dealkylation sites (tertiary alicyclic amines) is 1. The maximum Gasteiger partial charge on any atom is 0.162 e. The molecule has 0 spiro atoms. The van der Waals surface area contributed by atoms with E-state index in [1.54, 1.807) is 12.4 Å². The predicted octanol–water partition coefficient (Wildman–Crippen LogP) is 3.33. The van der Waals surface area contributed by atoms with E-state index in [1.165, 1.54) is 6.92 Å². The van der Waals surface area contributed by atoms with Gasteiger partial charge in [0.05, 0.1) is 28.2 Å². The average molecular weight is 321 g/mol. The van der Waals surface area contributed by atoms with Crippen molar-refractivity contribution in [2.45, 2.75) is 45.7 Å². The summed E-state index contributed by atoms with van der Waals surface area (Å²) in [7, 11) is 0. The maximum absolute atomic E-state index is 11.6. The highest BCUT2D eigenvalue weighted by Crippen LogP contribution is 2.30. The normalized spacial score (nSPS) is 17.5. The molecule has 3 rings (SSSR count). The Bertz CT molecular complexity index is 701. The minimum Gasteiger partial charge on any atom is -0.301 e. The molecule has 0 aliphatic carbocycles. The fourth-order valence-electron chi connectivity index (χ4n) is 3.13. The zero-order valence-electron chi connectivity index (χ0n) is 13.2. The molecule has 0 bridgehead atoms. The number of Topliss-reactive ketones (excluding diaryl/α,β-unsaturated/α-hetero) is 1. The molecule has 2 aromatic rings. The van der Waals surface area contributed by atoms with Crippen molar-refractivity contribution >= 4 is 28.4 Å². The molecular weight excluding hydrogens is 300 g/mol. The largest absolute Gasteiger partial charge is 0.301 e. The molecule has 0 unspecified atom stereocenters. The number of piperidine rings is 1. The molecule has 0 amide bonds. The second-order valence-corrected chi connectivity index (χ2v) is 6.61. The van der Waals surface area contributed by atoms with Crippen LogP contribution < -0.4 is 0 Å². The van der Waals surface area contributed by atoms with Crippen LogP contribution in [0.25, 0.3) is 11.0 Å². The van der Waals surface area contributed by atoms with Gasteiger partial charge in [-0.3, -0.25) is 4.79 Å². The van der Waals surface area contributed by atoms with Gasteiger partial charge in [-0.2, -0.15) is 5.10 Å². The van der Waals surface area contributed by atoms with Gasteiger partial charge in [0.2, 0.25) is 0 Å². The van der Waals surface area contributed by atoms with E-state index in [2.05, 4.69) is 28.8 Å². The van der Waals surface area contributed by atoms with Crippen LogP contribution in [-0.2, 0) is 0 Å². The van der Waals surface area contributed by atoms with Gasteiger partial charge in [0.1, 0.15) is 0 Å². The summed E-state index contributed by atoms with van der Waals surface area (Å²) in [5.41, 5.74) is 1.24. The number of hydrogen-bond acceptors (Lipinski definition) is 4. The Morgan fingerprint density at radius 1 is 1.32 bits per heavy atom. The van der Waals surface area contributed by atoms with Crippen LogP contribution in [0.3, 0.4) is 0 Å². The summed E-state index contributed by atoms with van der Waals surface area (Å²) in [6, 6.07) is 0.931. The molecular formula is C16H21ClN4O. The Labute approximate surface area is 135 Å². The van der Waals surface area contributed by atoms with Crippen LogP contribution in [0.1, 0.15) is 50.0 Å². The van der Waals surface area contributed by atoms with E-state index in [9.17, 15) is 4.79 Å². The molecule has 0 saturated carbocycles.